The van der Waals surface area contributed by atoms with E-state index in [-0.39, 0.29) is 5.82 Å². The Morgan fingerprint density at radius 1 is 1.31 bits per heavy atom. The molecule has 0 fully saturated rings. The molecule has 0 bridgehead atoms. The summed E-state index contributed by atoms with van der Waals surface area (Å²) < 4.78 is 19.0. The van der Waals surface area contributed by atoms with Gasteiger partial charge in [0.05, 0.1) is 6.54 Å². The lowest BCUT2D eigenvalue weighted by Crippen LogP contribution is -2.11. The highest BCUT2D eigenvalue weighted by Gasteiger charge is 2.12. The highest BCUT2D eigenvalue weighted by atomic mass is 19.1. The minimum absolute atomic E-state index is 0.205. The Bertz CT molecular complexity index is 516. The summed E-state index contributed by atoms with van der Waals surface area (Å²) in [6.07, 6.45) is 0. The van der Waals surface area contributed by atoms with Crippen molar-refractivity contribution < 1.29 is 8.81 Å². The normalized spacial score (nSPS) is 11.2. The predicted molar refractivity (Wildman–Crippen MR) is 63.0 cm³/mol. The number of fused-ring (bicyclic) bond motifs is 1. The number of rotatable bonds is 3. The number of hydrogen-bond acceptors (Lipinski definition) is 2. The smallest absolute Gasteiger partial charge is 0.137 e. The van der Waals surface area contributed by atoms with Crippen LogP contribution in [0.4, 0.5) is 4.39 Å². The van der Waals surface area contributed by atoms with E-state index in [1.54, 1.807) is 0 Å². The van der Waals surface area contributed by atoms with Gasteiger partial charge in [-0.1, -0.05) is 6.92 Å². The van der Waals surface area contributed by atoms with E-state index in [2.05, 4.69) is 5.32 Å². The van der Waals surface area contributed by atoms with Crippen LogP contribution in [0.2, 0.25) is 0 Å². The van der Waals surface area contributed by atoms with E-state index in [0.717, 1.165) is 34.4 Å². The zero-order chi connectivity index (χ0) is 11.7. The number of benzene rings is 1. The topological polar surface area (TPSA) is 25.2 Å². The third-order valence-corrected chi connectivity index (χ3v) is 2.82. The molecule has 0 radical (unpaired) electrons. The molecule has 2 aromatic rings. The summed E-state index contributed by atoms with van der Waals surface area (Å²) in [5, 5.41) is 4.09. The maximum absolute atomic E-state index is 13.3. The summed E-state index contributed by atoms with van der Waals surface area (Å²) in [5.41, 5.74) is 2.67. The first-order chi connectivity index (χ1) is 7.63. The van der Waals surface area contributed by atoms with Gasteiger partial charge in [0.2, 0.25) is 0 Å². The Morgan fingerprint density at radius 3 is 2.75 bits per heavy atom. The molecule has 0 amide bonds. The highest BCUT2D eigenvalue weighted by molar-refractivity contribution is 5.84. The molecule has 16 heavy (non-hydrogen) atoms. The largest absolute Gasteiger partial charge is 0.459 e. The van der Waals surface area contributed by atoms with Crippen LogP contribution in [0, 0.1) is 19.7 Å². The second-order valence-electron chi connectivity index (χ2n) is 4.03. The second kappa shape index (κ2) is 4.26. The molecule has 0 aliphatic heterocycles. The molecule has 1 N–H and O–H groups in total. The van der Waals surface area contributed by atoms with Crippen LogP contribution in [0.15, 0.2) is 16.5 Å². The fourth-order valence-corrected chi connectivity index (χ4v) is 1.90. The van der Waals surface area contributed by atoms with Crippen molar-refractivity contribution >= 4 is 11.0 Å². The summed E-state index contributed by atoms with van der Waals surface area (Å²) in [5.74, 6) is 0.689. The first-order valence-electron chi connectivity index (χ1n) is 5.52. The van der Waals surface area contributed by atoms with Gasteiger partial charge in [-0.05, 0) is 43.7 Å². The van der Waals surface area contributed by atoms with E-state index < -0.39 is 0 Å². The van der Waals surface area contributed by atoms with E-state index in [0.29, 0.717) is 6.54 Å². The zero-order valence-corrected chi connectivity index (χ0v) is 9.86. The average Bonchev–Trinajstić information content (AvgIpc) is 2.54. The fraction of sp³-hybridized carbons (Fsp3) is 0.385. The van der Waals surface area contributed by atoms with Crippen molar-refractivity contribution in [2.45, 2.75) is 27.3 Å². The molecule has 2 rings (SSSR count). The highest BCUT2D eigenvalue weighted by Crippen LogP contribution is 2.28. The molecule has 86 valence electrons. The first-order valence-corrected chi connectivity index (χ1v) is 5.52. The molecule has 0 saturated heterocycles. The van der Waals surface area contributed by atoms with Gasteiger partial charge >= 0.3 is 0 Å². The monoisotopic (exact) mass is 221 g/mol. The molecule has 3 heteroatoms. The Kier molecular flexibility index (Phi) is 2.97. The Labute approximate surface area is 94.4 Å². The van der Waals surface area contributed by atoms with Gasteiger partial charge in [-0.25, -0.2) is 4.39 Å². The zero-order valence-electron chi connectivity index (χ0n) is 9.86. The van der Waals surface area contributed by atoms with Crippen LogP contribution in [0.3, 0.4) is 0 Å². The van der Waals surface area contributed by atoms with E-state index >= 15 is 0 Å². The number of halogens is 1. The minimum atomic E-state index is -0.205. The molecule has 0 aliphatic rings. The van der Waals surface area contributed by atoms with Crippen LogP contribution in [0.5, 0.6) is 0 Å². The van der Waals surface area contributed by atoms with Crippen molar-refractivity contribution in [1.29, 1.82) is 0 Å². The average molecular weight is 221 g/mol. The SMILES string of the molecule is CCNCc1oc2c(C)cc(F)cc2c1C. The summed E-state index contributed by atoms with van der Waals surface area (Å²) >= 11 is 0. The van der Waals surface area contributed by atoms with Crippen molar-refractivity contribution in [3.63, 3.8) is 0 Å². The van der Waals surface area contributed by atoms with Crippen LogP contribution in [-0.4, -0.2) is 6.54 Å². The molecule has 1 heterocycles. The van der Waals surface area contributed by atoms with Crippen LogP contribution < -0.4 is 5.32 Å². The van der Waals surface area contributed by atoms with Crippen LogP contribution in [0.25, 0.3) is 11.0 Å². The molecule has 1 aromatic carbocycles. The molecule has 0 unspecified atom stereocenters. The quantitative estimate of drug-likeness (QED) is 0.860. The summed E-state index contributed by atoms with van der Waals surface area (Å²) in [6.45, 7) is 7.47. The van der Waals surface area contributed by atoms with E-state index in [9.17, 15) is 4.39 Å². The van der Waals surface area contributed by atoms with Crippen molar-refractivity contribution in [1.82, 2.24) is 5.32 Å². The Morgan fingerprint density at radius 2 is 2.06 bits per heavy atom. The lowest BCUT2D eigenvalue weighted by molar-refractivity contribution is 0.514. The van der Waals surface area contributed by atoms with Crippen LogP contribution >= 0.6 is 0 Å². The van der Waals surface area contributed by atoms with E-state index in [4.69, 9.17) is 4.42 Å². The predicted octanol–water partition coefficient (Wildman–Crippen LogP) is 3.30. The van der Waals surface area contributed by atoms with E-state index in [1.807, 2.05) is 20.8 Å². The van der Waals surface area contributed by atoms with Gasteiger partial charge in [-0.2, -0.15) is 0 Å². The Balaban J connectivity index is 2.54. The maximum atomic E-state index is 13.3. The standard InChI is InChI=1S/C13H16FNO/c1-4-15-7-12-9(3)11-6-10(14)5-8(2)13(11)16-12/h5-6,15H,4,7H2,1-3H3. The summed E-state index contributed by atoms with van der Waals surface area (Å²) in [6, 6.07) is 3.04. The lowest BCUT2D eigenvalue weighted by atomic mass is 10.1. The van der Waals surface area contributed by atoms with Gasteiger partial charge in [-0.15, -0.1) is 0 Å². The van der Waals surface area contributed by atoms with Crippen molar-refractivity contribution in [3.8, 4) is 0 Å². The number of furan rings is 1. The fourth-order valence-electron chi connectivity index (χ4n) is 1.90. The second-order valence-corrected chi connectivity index (χ2v) is 4.03. The molecule has 0 aliphatic carbocycles. The lowest BCUT2D eigenvalue weighted by Gasteiger charge is -1.97. The van der Waals surface area contributed by atoms with E-state index in [1.165, 1.54) is 12.1 Å². The Hall–Kier alpha value is -1.35. The van der Waals surface area contributed by atoms with Gasteiger partial charge in [0.1, 0.15) is 17.2 Å². The molecule has 0 saturated carbocycles. The summed E-state index contributed by atoms with van der Waals surface area (Å²) in [4.78, 5) is 0. The van der Waals surface area contributed by atoms with Crippen molar-refractivity contribution in [2.24, 2.45) is 0 Å². The molecule has 0 spiro atoms. The van der Waals surface area contributed by atoms with Crippen molar-refractivity contribution in [2.75, 3.05) is 6.54 Å². The maximum Gasteiger partial charge on any atom is 0.137 e. The number of hydrogen-bond donors (Lipinski definition) is 1. The van der Waals surface area contributed by atoms with Gasteiger partial charge in [0.25, 0.3) is 0 Å². The van der Waals surface area contributed by atoms with Gasteiger partial charge < -0.3 is 9.73 Å². The third-order valence-electron chi connectivity index (χ3n) is 2.82. The van der Waals surface area contributed by atoms with Crippen LogP contribution in [-0.2, 0) is 6.54 Å². The van der Waals surface area contributed by atoms with Gasteiger partial charge in [0.15, 0.2) is 0 Å². The van der Waals surface area contributed by atoms with Crippen LogP contribution in [0.1, 0.15) is 23.8 Å². The molecule has 2 nitrogen and oxygen atoms in total. The molecule has 0 atom stereocenters. The summed E-state index contributed by atoms with van der Waals surface area (Å²) in [7, 11) is 0. The minimum Gasteiger partial charge on any atom is -0.459 e. The molecular weight excluding hydrogens is 205 g/mol. The molecular formula is C13H16FNO. The van der Waals surface area contributed by atoms with Gasteiger partial charge in [-0.3, -0.25) is 0 Å². The number of nitrogens with one attached hydrogen (secondary N) is 1. The van der Waals surface area contributed by atoms with Gasteiger partial charge in [0, 0.05) is 5.39 Å². The third kappa shape index (κ3) is 1.83. The number of aryl methyl sites for hydroxylation is 2. The van der Waals surface area contributed by atoms with Crippen molar-refractivity contribution in [3.05, 3.63) is 34.8 Å². The molecule has 1 aromatic heterocycles. The first kappa shape index (κ1) is 11.1.